The Bertz CT molecular complexity index is 252. The van der Waals surface area contributed by atoms with Crippen molar-refractivity contribution in [2.45, 2.75) is 39.7 Å². The van der Waals surface area contributed by atoms with E-state index in [1.807, 2.05) is 6.07 Å². The number of nitriles is 1. The van der Waals surface area contributed by atoms with Crippen LogP contribution in [0.4, 0.5) is 0 Å². The van der Waals surface area contributed by atoms with E-state index < -0.39 is 5.41 Å². The van der Waals surface area contributed by atoms with Crippen LogP contribution in [0.15, 0.2) is 0 Å². The average molecular weight is 180 g/mol. The van der Waals surface area contributed by atoms with Crippen LogP contribution in [0.5, 0.6) is 0 Å². The molecule has 1 aliphatic carbocycles. The smallest absolute Gasteiger partial charge is 0.240 e. The van der Waals surface area contributed by atoms with Crippen molar-refractivity contribution in [2.24, 2.45) is 11.3 Å². The standard InChI is InChI=1S/C10H16N2O/c1-4-7-5-8(7)12-9(13)10(2,3)6-11/h7-8H,4-5H2,1-3H3,(H,12,13). The Balaban J connectivity index is 2.40. The monoisotopic (exact) mass is 180 g/mol. The zero-order chi connectivity index (χ0) is 10.1. The molecule has 0 heterocycles. The molecule has 2 unspecified atom stereocenters. The topological polar surface area (TPSA) is 52.9 Å². The van der Waals surface area contributed by atoms with Crippen molar-refractivity contribution in [1.82, 2.24) is 5.32 Å². The van der Waals surface area contributed by atoms with Crippen LogP contribution in [0.3, 0.4) is 0 Å². The highest BCUT2D eigenvalue weighted by atomic mass is 16.2. The number of carbonyl (C=O) groups is 1. The molecule has 0 aromatic heterocycles. The van der Waals surface area contributed by atoms with Crippen LogP contribution < -0.4 is 5.32 Å². The fourth-order valence-electron chi connectivity index (χ4n) is 1.28. The van der Waals surface area contributed by atoms with Gasteiger partial charge in [0.15, 0.2) is 0 Å². The summed E-state index contributed by atoms with van der Waals surface area (Å²) in [5.41, 5.74) is -0.888. The van der Waals surface area contributed by atoms with Crippen molar-refractivity contribution in [3.05, 3.63) is 0 Å². The predicted octanol–water partition coefficient (Wildman–Crippen LogP) is 1.45. The predicted molar refractivity (Wildman–Crippen MR) is 49.7 cm³/mol. The third-order valence-corrected chi connectivity index (χ3v) is 2.61. The summed E-state index contributed by atoms with van der Waals surface area (Å²) in [5, 5.41) is 11.6. The Morgan fingerprint density at radius 1 is 1.69 bits per heavy atom. The second-order valence-corrected chi connectivity index (χ2v) is 4.22. The van der Waals surface area contributed by atoms with E-state index in [-0.39, 0.29) is 5.91 Å². The van der Waals surface area contributed by atoms with Gasteiger partial charge in [0.05, 0.1) is 6.07 Å². The lowest BCUT2D eigenvalue weighted by Gasteiger charge is -2.14. The first-order valence-corrected chi connectivity index (χ1v) is 4.73. The van der Waals surface area contributed by atoms with Crippen LogP contribution in [0.25, 0.3) is 0 Å². The molecule has 0 aliphatic heterocycles. The minimum Gasteiger partial charge on any atom is -0.352 e. The zero-order valence-corrected chi connectivity index (χ0v) is 8.42. The van der Waals surface area contributed by atoms with Crippen molar-refractivity contribution in [3.8, 4) is 6.07 Å². The number of nitrogens with zero attached hydrogens (tertiary/aromatic N) is 1. The SMILES string of the molecule is CCC1CC1NC(=O)C(C)(C)C#N. The maximum absolute atomic E-state index is 11.5. The van der Waals surface area contributed by atoms with Gasteiger partial charge in [-0.25, -0.2) is 0 Å². The number of carbonyl (C=O) groups excluding carboxylic acids is 1. The van der Waals surface area contributed by atoms with E-state index in [1.165, 1.54) is 0 Å². The van der Waals surface area contributed by atoms with Crippen molar-refractivity contribution in [3.63, 3.8) is 0 Å². The van der Waals surface area contributed by atoms with Gasteiger partial charge >= 0.3 is 0 Å². The van der Waals surface area contributed by atoms with Crippen LogP contribution in [0.1, 0.15) is 33.6 Å². The van der Waals surface area contributed by atoms with Gasteiger partial charge in [-0.2, -0.15) is 5.26 Å². The van der Waals surface area contributed by atoms with Gasteiger partial charge in [0.25, 0.3) is 0 Å². The van der Waals surface area contributed by atoms with Crippen molar-refractivity contribution in [2.75, 3.05) is 0 Å². The molecule has 0 bridgehead atoms. The van der Waals surface area contributed by atoms with Crippen LogP contribution >= 0.6 is 0 Å². The number of hydrogen-bond donors (Lipinski definition) is 1. The highest BCUT2D eigenvalue weighted by molar-refractivity contribution is 5.85. The Morgan fingerprint density at radius 2 is 2.31 bits per heavy atom. The minimum atomic E-state index is -0.888. The van der Waals surface area contributed by atoms with E-state index in [4.69, 9.17) is 5.26 Å². The second-order valence-electron chi connectivity index (χ2n) is 4.22. The lowest BCUT2D eigenvalue weighted by atomic mass is 9.95. The van der Waals surface area contributed by atoms with Crippen molar-refractivity contribution >= 4 is 5.91 Å². The van der Waals surface area contributed by atoms with Gasteiger partial charge in [0.2, 0.25) is 5.91 Å². The van der Waals surface area contributed by atoms with Crippen LogP contribution in [-0.2, 0) is 4.79 Å². The van der Waals surface area contributed by atoms with Crippen LogP contribution in [-0.4, -0.2) is 11.9 Å². The summed E-state index contributed by atoms with van der Waals surface area (Å²) < 4.78 is 0. The van der Waals surface area contributed by atoms with E-state index in [0.29, 0.717) is 12.0 Å². The average Bonchev–Trinajstić information content (AvgIpc) is 2.83. The summed E-state index contributed by atoms with van der Waals surface area (Å²) >= 11 is 0. The second kappa shape index (κ2) is 3.37. The largest absolute Gasteiger partial charge is 0.352 e. The molecule has 72 valence electrons. The van der Waals surface area contributed by atoms with Gasteiger partial charge in [-0.3, -0.25) is 4.79 Å². The fraction of sp³-hybridized carbons (Fsp3) is 0.800. The third-order valence-electron chi connectivity index (χ3n) is 2.61. The summed E-state index contributed by atoms with van der Waals surface area (Å²) in [6.45, 7) is 5.41. The number of rotatable bonds is 3. The summed E-state index contributed by atoms with van der Waals surface area (Å²) in [7, 11) is 0. The lowest BCUT2D eigenvalue weighted by molar-refractivity contribution is -0.127. The van der Waals surface area contributed by atoms with Crippen LogP contribution in [0, 0.1) is 22.7 Å². The first-order chi connectivity index (χ1) is 6.01. The first-order valence-electron chi connectivity index (χ1n) is 4.73. The molecule has 0 spiro atoms. The summed E-state index contributed by atoms with van der Waals surface area (Å²) in [4.78, 5) is 11.5. The van der Waals surface area contributed by atoms with E-state index in [2.05, 4.69) is 12.2 Å². The molecule has 1 amide bonds. The Kier molecular flexibility index (Phi) is 2.60. The van der Waals surface area contributed by atoms with Crippen molar-refractivity contribution in [1.29, 1.82) is 5.26 Å². The number of hydrogen-bond acceptors (Lipinski definition) is 2. The zero-order valence-electron chi connectivity index (χ0n) is 8.42. The molecule has 0 saturated heterocycles. The molecule has 1 saturated carbocycles. The Morgan fingerprint density at radius 3 is 2.69 bits per heavy atom. The van der Waals surface area contributed by atoms with Gasteiger partial charge in [0.1, 0.15) is 5.41 Å². The third kappa shape index (κ3) is 2.21. The maximum Gasteiger partial charge on any atom is 0.240 e. The van der Waals surface area contributed by atoms with Gasteiger partial charge in [-0.05, 0) is 26.2 Å². The molecule has 1 fully saturated rings. The highest BCUT2D eigenvalue weighted by Crippen LogP contribution is 2.33. The van der Waals surface area contributed by atoms with Crippen LogP contribution in [0.2, 0.25) is 0 Å². The highest BCUT2D eigenvalue weighted by Gasteiger charge is 2.39. The fourth-order valence-corrected chi connectivity index (χ4v) is 1.28. The van der Waals surface area contributed by atoms with E-state index in [9.17, 15) is 4.79 Å². The molecule has 0 radical (unpaired) electrons. The molecule has 1 rings (SSSR count). The molecular formula is C10H16N2O. The van der Waals surface area contributed by atoms with E-state index in [0.717, 1.165) is 12.8 Å². The molecule has 0 aromatic carbocycles. The molecule has 1 N–H and O–H groups in total. The molecule has 0 aromatic rings. The van der Waals surface area contributed by atoms with Gasteiger partial charge < -0.3 is 5.32 Å². The summed E-state index contributed by atoms with van der Waals surface area (Å²) in [5.74, 6) is 0.495. The maximum atomic E-state index is 11.5. The molecular weight excluding hydrogens is 164 g/mol. The summed E-state index contributed by atoms with van der Waals surface area (Å²) in [6, 6.07) is 2.32. The summed E-state index contributed by atoms with van der Waals surface area (Å²) in [6.07, 6.45) is 2.18. The normalized spacial score (nSPS) is 26.3. The Hall–Kier alpha value is -1.04. The minimum absolute atomic E-state index is 0.143. The molecule has 1 aliphatic rings. The van der Waals surface area contributed by atoms with Gasteiger partial charge in [-0.1, -0.05) is 13.3 Å². The van der Waals surface area contributed by atoms with E-state index >= 15 is 0 Å². The molecule has 3 heteroatoms. The lowest BCUT2D eigenvalue weighted by Crippen LogP contribution is -2.37. The molecule has 2 atom stereocenters. The number of amides is 1. The van der Waals surface area contributed by atoms with E-state index in [1.54, 1.807) is 13.8 Å². The van der Waals surface area contributed by atoms with Gasteiger partial charge in [-0.15, -0.1) is 0 Å². The first kappa shape index (κ1) is 10.0. The number of nitrogens with one attached hydrogen (secondary N) is 1. The quantitative estimate of drug-likeness (QED) is 0.714. The Labute approximate surface area is 79.1 Å². The van der Waals surface area contributed by atoms with Gasteiger partial charge in [0, 0.05) is 6.04 Å². The molecule has 3 nitrogen and oxygen atoms in total. The van der Waals surface area contributed by atoms with Crippen molar-refractivity contribution < 1.29 is 4.79 Å². The molecule has 13 heavy (non-hydrogen) atoms.